The molecule has 176 valence electrons. The second kappa shape index (κ2) is 9.20. The van der Waals surface area contributed by atoms with Crippen LogP contribution < -0.4 is 5.32 Å². The van der Waals surface area contributed by atoms with Crippen LogP contribution in [0.5, 0.6) is 0 Å². The Labute approximate surface area is 197 Å². The van der Waals surface area contributed by atoms with Crippen molar-refractivity contribution in [1.29, 1.82) is 0 Å². The van der Waals surface area contributed by atoms with E-state index in [-0.39, 0.29) is 17.7 Å². The number of pyridine rings is 1. The van der Waals surface area contributed by atoms with E-state index in [1.54, 1.807) is 30.3 Å². The number of nitrogens with one attached hydrogen (secondary N) is 1. The van der Waals surface area contributed by atoms with Gasteiger partial charge in [-0.15, -0.1) is 0 Å². The summed E-state index contributed by atoms with van der Waals surface area (Å²) in [5.41, 5.74) is 2.45. The number of rotatable bonds is 6. The molecule has 0 aromatic carbocycles. The largest absolute Gasteiger partial charge is 0.360 e. The topological polar surface area (TPSA) is 117 Å². The predicted molar refractivity (Wildman–Crippen MR) is 125 cm³/mol. The molecule has 2 saturated heterocycles. The molecule has 10 nitrogen and oxygen atoms in total. The molecule has 1 N–H and O–H groups in total. The third kappa shape index (κ3) is 4.35. The van der Waals surface area contributed by atoms with Crippen LogP contribution in [0.2, 0.25) is 0 Å². The summed E-state index contributed by atoms with van der Waals surface area (Å²) in [6.45, 7) is 4.14. The van der Waals surface area contributed by atoms with Crippen LogP contribution in [-0.2, 0) is 9.59 Å². The Hall–Kier alpha value is -3.82. The molecule has 0 radical (unpaired) electrons. The van der Waals surface area contributed by atoms with E-state index in [9.17, 15) is 9.59 Å². The summed E-state index contributed by atoms with van der Waals surface area (Å²) >= 11 is 0. The Bertz CT molecular complexity index is 1200. The normalized spacial score (nSPS) is 19.0. The number of likely N-dealkylation sites (tertiary alicyclic amines) is 2. The first-order chi connectivity index (χ1) is 16.5. The number of hydrogen-bond acceptors (Lipinski definition) is 8. The van der Waals surface area contributed by atoms with Gasteiger partial charge in [-0.3, -0.25) is 9.59 Å². The number of nitrogens with zero attached hydrogens (tertiary/aromatic N) is 6. The third-order valence-electron chi connectivity index (χ3n) is 6.36. The number of anilines is 1. The fourth-order valence-corrected chi connectivity index (χ4v) is 4.42. The zero-order valence-electron chi connectivity index (χ0n) is 19.3. The van der Waals surface area contributed by atoms with Crippen LogP contribution in [0.25, 0.3) is 22.8 Å². The molecule has 2 aliphatic heterocycles. The number of carbonyl (C=O) groups is 2. The molecule has 0 unspecified atom stereocenters. The van der Waals surface area contributed by atoms with E-state index in [1.807, 2.05) is 30.0 Å². The van der Waals surface area contributed by atoms with E-state index in [4.69, 9.17) is 9.51 Å². The maximum atomic E-state index is 12.6. The summed E-state index contributed by atoms with van der Waals surface area (Å²) in [5, 5.41) is 7.26. The maximum absolute atomic E-state index is 12.6. The molecule has 34 heavy (non-hydrogen) atoms. The Balaban J connectivity index is 1.33. The predicted octanol–water partition coefficient (Wildman–Crippen LogP) is 2.56. The lowest BCUT2D eigenvalue weighted by atomic mass is 10.0. The molecule has 0 bridgehead atoms. The van der Waals surface area contributed by atoms with Crippen LogP contribution >= 0.6 is 0 Å². The minimum Gasteiger partial charge on any atom is -0.360 e. The van der Waals surface area contributed by atoms with Crippen LogP contribution in [-0.4, -0.2) is 74.4 Å². The molecule has 0 spiro atoms. The maximum Gasteiger partial charge on any atom is 0.244 e. The summed E-state index contributed by atoms with van der Waals surface area (Å²) in [4.78, 5) is 42.0. The van der Waals surface area contributed by atoms with Crippen molar-refractivity contribution in [2.45, 2.75) is 38.1 Å². The molecule has 0 aliphatic carbocycles. The quantitative estimate of drug-likeness (QED) is 0.595. The minimum absolute atomic E-state index is 0.0443. The standard InChI is InChI=1S/C24H27N7O3/c1-15(22(32)31-11-3-4-12-31)26-24-25-10-8-19(28-24)17-6-5-7-18(27-17)20-14-21(34-29-20)16-9-13-30(2)23(16)33/h5-8,10,14-16H,3-4,9,11-13H2,1-2H3,(H,25,26,28)/t15-,16-/m0/s1. The van der Waals surface area contributed by atoms with Crippen LogP contribution in [0.3, 0.4) is 0 Å². The summed E-state index contributed by atoms with van der Waals surface area (Å²) in [6.07, 6.45) is 4.45. The van der Waals surface area contributed by atoms with Crippen LogP contribution in [0.4, 0.5) is 5.95 Å². The van der Waals surface area contributed by atoms with Crippen molar-refractivity contribution in [3.8, 4) is 22.8 Å². The SMILES string of the molecule is C[C@H](Nc1nccc(-c2cccc(-c3cc([C@@H]4CCN(C)C4=O)on3)n2)n1)C(=O)N1CCCC1. The second-order valence-corrected chi connectivity index (χ2v) is 8.79. The molecule has 10 heteroatoms. The average Bonchev–Trinajstić information content (AvgIpc) is 3.62. The van der Waals surface area contributed by atoms with Gasteiger partial charge < -0.3 is 19.6 Å². The molecule has 2 atom stereocenters. The summed E-state index contributed by atoms with van der Waals surface area (Å²) in [7, 11) is 1.79. The van der Waals surface area contributed by atoms with Crippen molar-refractivity contribution >= 4 is 17.8 Å². The molecular weight excluding hydrogens is 434 g/mol. The molecule has 5 rings (SSSR count). The number of aromatic nitrogens is 4. The van der Waals surface area contributed by atoms with Gasteiger partial charge in [0.1, 0.15) is 23.4 Å². The van der Waals surface area contributed by atoms with Crippen molar-refractivity contribution in [1.82, 2.24) is 29.9 Å². The lowest BCUT2D eigenvalue weighted by molar-refractivity contribution is -0.130. The second-order valence-electron chi connectivity index (χ2n) is 8.79. The van der Waals surface area contributed by atoms with Crippen molar-refractivity contribution in [2.24, 2.45) is 0 Å². The van der Waals surface area contributed by atoms with Crippen LogP contribution in [0.1, 0.15) is 37.9 Å². The molecule has 2 fully saturated rings. The highest BCUT2D eigenvalue weighted by molar-refractivity contribution is 5.85. The Kier molecular flexibility index (Phi) is 5.95. The van der Waals surface area contributed by atoms with Gasteiger partial charge in [-0.1, -0.05) is 11.2 Å². The number of carbonyl (C=O) groups excluding carboxylic acids is 2. The highest BCUT2D eigenvalue weighted by Gasteiger charge is 2.33. The highest BCUT2D eigenvalue weighted by atomic mass is 16.5. The Morgan fingerprint density at radius 1 is 1.09 bits per heavy atom. The van der Waals surface area contributed by atoms with E-state index in [1.165, 1.54) is 0 Å². The van der Waals surface area contributed by atoms with Gasteiger partial charge >= 0.3 is 0 Å². The van der Waals surface area contributed by atoms with Crippen LogP contribution in [0, 0.1) is 0 Å². The van der Waals surface area contributed by atoms with Gasteiger partial charge in [0.25, 0.3) is 0 Å². The van der Waals surface area contributed by atoms with Gasteiger partial charge in [-0.25, -0.2) is 15.0 Å². The first kappa shape index (κ1) is 22.0. The molecule has 5 heterocycles. The van der Waals surface area contributed by atoms with Crippen LogP contribution in [0.15, 0.2) is 41.1 Å². The monoisotopic (exact) mass is 461 g/mol. The van der Waals surface area contributed by atoms with Gasteiger partial charge in [0.05, 0.1) is 17.1 Å². The third-order valence-corrected chi connectivity index (χ3v) is 6.36. The van der Waals surface area contributed by atoms with Gasteiger partial charge in [-0.2, -0.15) is 0 Å². The van der Waals surface area contributed by atoms with Crippen molar-refractivity contribution in [2.75, 3.05) is 32.0 Å². The molecule has 2 aliphatic rings. The average molecular weight is 462 g/mol. The van der Waals surface area contributed by atoms with E-state index >= 15 is 0 Å². The first-order valence-electron chi connectivity index (χ1n) is 11.6. The molecule has 0 saturated carbocycles. The summed E-state index contributed by atoms with van der Waals surface area (Å²) < 4.78 is 5.49. The zero-order valence-corrected chi connectivity index (χ0v) is 19.3. The van der Waals surface area contributed by atoms with E-state index in [0.29, 0.717) is 47.4 Å². The molecular formula is C24H27N7O3. The fraction of sp³-hybridized carbons (Fsp3) is 0.417. The van der Waals surface area contributed by atoms with Gasteiger partial charge in [0, 0.05) is 38.9 Å². The van der Waals surface area contributed by atoms with E-state index in [0.717, 1.165) is 25.9 Å². The van der Waals surface area contributed by atoms with Gasteiger partial charge in [0.2, 0.25) is 17.8 Å². The molecule has 3 aromatic heterocycles. The van der Waals surface area contributed by atoms with Gasteiger partial charge in [-0.05, 0) is 44.4 Å². The molecule has 2 amide bonds. The fourth-order valence-electron chi connectivity index (χ4n) is 4.42. The first-order valence-corrected chi connectivity index (χ1v) is 11.6. The smallest absolute Gasteiger partial charge is 0.244 e. The zero-order chi connectivity index (χ0) is 23.7. The summed E-state index contributed by atoms with van der Waals surface area (Å²) in [5.74, 6) is 0.734. The van der Waals surface area contributed by atoms with Crippen molar-refractivity contribution < 1.29 is 14.1 Å². The summed E-state index contributed by atoms with van der Waals surface area (Å²) in [6, 6.07) is 8.70. The van der Waals surface area contributed by atoms with Crippen molar-refractivity contribution in [3.63, 3.8) is 0 Å². The van der Waals surface area contributed by atoms with Crippen molar-refractivity contribution in [3.05, 3.63) is 42.3 Å². The lowest BCUT2D eigenvalue weighted by Gasteiger charge is -2.21. The highest BCUT2D eigenvalue weighted by Crippen LogP contribution is 2.30. The Morgan fingerprint density at radius 2 is 1.82 bits per heavy atom. The number of amides is 2. The Morgan fingerprint density at radius 3 is 2.56 bits per heavy atom. The molecule has 3 aromatic rings. The number of likely N-dealkylation sites (N-methyl/N-ethyl adjacent to an activating group) is 1. The van der Waals surface area contributed by atoms with E-state index in [2.05, 4.69) is 20.4 Å². The number of hydrogen-bond donors (Lipinski definition) is 1. The minimum atomic E-state index is -0.418. The van der Waals surface area contributed by atoms with Gasteiger partial charge in [0.15, 0.2) is 0 Å². The van der Waals surface area contributed by atoms with E-state index < -0.39 is 6.04 Å². The lowest BCUT2D eigenvalue weighted by Crippen LogP contribution is -2.40.